The number of hydrogen-bond acceptors (Lipinski definition) is 2. The fraction of sp³-hybridized carbons (Fsp3) is 0.562. The predicted molar refractivity (Wildman–Crippen MR) is 72.4 cm³/mol. The van der Waals surface area contributed by atoms with Crippen LogP contribution in [0.2, 0.25) is 0 Å². The molecule has 1 aromatic carbocycles. The third kappa shape index (κ3) is 2.67. The maximum absolute atomic E-state index is 9.54. The van der Waals surface area contributed by atoms with Gasteiger partial charge in [-0.2, -0.15) is 5.26 Å². The molecule has 0 aliphatic heterocycles. The van der Waals surface area contributed by atoms with Crippen LogP contribution in [0, 0.1) is 22.7 Å². The van der Waals surface area contributed by atoms with E-state index in [1.165, 1.54) is 18.4 Å². The van der Waals surface area contributed by atoms with Gasteiger partial charge in [-0.1, -0.05) is 25.5 Å². The standard InChI is InChI=1S/C16H21NO/c1-3-13-7-8-16(10-13,12-17)11-14-5-4-6-15(9-14)18-2/h4-6,9,13H,3,7-8,10-11H2,1-2H3. The molecule has 2 atom stereocenters. The van der Waals surface area contributed by atoms with Gasteiger partial charge in [0.2, 0.25) is 0 Å². The lowest BCUT2D eigenvalue weighted by molar-refractivity contribution is 0.378. The van der Waals surface area contributed by atoms with E-state index in [2.05, 4.69) is 25.1 Å². The van der Waals surface area contributed by atoms with Crippen LogP contribution in [0.25, 0.3) is 0 Å². The van der Waals surface area contributed by atoms with Crippen LogP contribution < -0.4 is 4.74 Å². The normalized spacial score (nSPS) is 26.8. The highest BCUT2D eigenvalue weighted by molar-refractivity contribution is 5.30. The molecule has 1 aromatic rings. The summed E-state index contributed by atoms with van der Waals surface area (Å²) in [5.41, 5.74) is 1.07. The molecule has 0 N–H and O–H groups in total. The van der Waals surface area contributed by atoms with Gasteiger partial charge >= 0.3 is 0 Å². The van der Waals surface area contributed by atoms with E-state index >= 15 is 0 Å². The first-order valence-corrected chi connectivity index (χ1v) is 6.75. The predicted octanol–water partition coefficient (Wildman–Crippen LogP) is 3.96. The van der Waals surface area contributed by atoms with Crippen LogP contribution in [0.3, 0.4) is 0 Å². The SMILES string of the molecule is CCC1CCC(C#N)(Cc2cccc(OC)c2)C1. The van der Waals surface area contributed by atoms with Gasteiger partial charge in [0, 0.05) is 0 Å². The Kier molecular flexibility index (Phi) is 3.91. The average Bonchev–Trinajstić information content (AvgIpc) is 2.83. The summed E-state index contributed by atoms with van der Waals surface area (Å²) in [6.45, 7) is 2.23. The van der Waals surface area contributed by atoms with Gasteiger partial charge in [-0.05, 0) is 49.3 Å². The van der Waals surface area contributed by atoms with Crippen LogP contribution in [-0.4, -0.2) is 7.11 Å². The van der Waals surface area contributed by atoms with Gasteiger partial charge in [0.1, 0.15) is 5.75 Å². The van der Waals surface area contributed by atoms with Gasteiger partial charge in [0.25, 0.3) is 0 Å². The third-order valence-corrected chi connectivity index (χ3v) is 4.20. The topological polar surface area (TPSA) is 33.0 Å². The zero-order chi connectivity index (χ0) is 13.0. The van der Waals surface area contributed by atoms with Gasteiger partial charge < -0.3 is 4.74 Å². The summed E-state index contributed by atoms with van der Waals surface area (Å²) in [4.78, 5) is 0. The molecule has 0 bridgehead atoms. The Labute approximate surface area is 110 Å². The first-order chi connectivity index (χ1) is 8.71. The van der Waals surface area contributed by atoms with Gasteiger partial charge in [0.05, 0.1) is 18.6 Å². The molecular weight excluding hydrogens is 222 g/mol. The maximum atomic E-state index is 9.54. The van der Waals surface area contributed by atoms with Crippen LogP contribution in [0.15, 0.2) is 24.3 Å². The summed E-state index contributed by atoms with van der Waals surface area (Å²) in [5.74, 6) is 1.61. The highest BCUT2D eigenvalue weighted by Crippen LogP contribution is 2.45. The van der Waals surface area contributed by atoms with E-state index in [1.807, 2.05) is 12.1 Å². The second-order valence-corrected chi connectivity index (χ2v) is 5.44. The van der Waals surface area contributed by atoms with Crippen LogP contribution in [-0.2, 0) is 6.42 Å². The summed E-state index contributed by atoms with van der Waals surface area (Å²) in [6, 6.07) is 10.7. The first-order valence-electron chi connectivity index (χ1n) is 6.75. The van der Waals surface area contributed by atoms with Crippen molar-refractivity contribution in [1.82, 2.24) is 0 Å². The molecule has 1 saturated carbocycles. The van der Waals surface area contributed by atoms with Crippen molar-refractivity contribution in [3.8, 4) is 11.8 Å². The van der Waals surface area contributed by atoms with Crippen LogP contribution in [0.4, 0.5) is 0 Å². The number of ether oxygens (including phenoxy) is 1. The monoisotopic (exact) mass is 243 g/mol. The number of methoxy groups -OCH3 is 1. The Morgan fingerprint density at radius 3 is 2.94 bits per heavy atom. The molecule has 0 saturated heterocycles. The Hall–Kier alpha value is -1.49. The van der Waals surface area contributed by atoms with Crippen molar-refractivity contribution in [2.45, 2.75) is 39.0 Å². The molecule has 2 rings (SSSR count). The smallest absolute Gasteiger partial charge is 0.119 e. The average molecular weight is 243 g/mol. The highest BCUT2D eigenvalue weighted by Gasteiger charge is 2.38. The minimum atomic E-state index is -0.146. The molecule has 2 nitrogen and oxygen atoms in total. The summed E-state index contributed by atoms with van der Waals surface area (Å²) < 4.78 is 5.25. The van der Waals surface area contributed by atoms with Crippen molar-refractivity contribution in [2.24, 2.45) is 11.3 Å². The third-order valence-electron chi connectivity index (χ3n) is 4.20. The van der Waals surface area contributed by atoms with E-state index in [4.69, 9.17) is 4.74 Å². The lowest BCUT2D eigenvalue weighted by atomic mass is 9.80. The quantitative estimate of drug-likeness (QED) is 0.802. The zero-order valence-electron chi connectivity index (χ0n) is 11.3. The van der Waals surface area contributed by atoms with Crippen LogP contribution >= 0.6 is 0 Å². The molecule has 1 aliphatic rings. The lowest BCUT2D eigenvalue weighted by Gasteiger charge is -2.21. The van der Waals surface area contributed by atoms with E-state index in [1.54, 1.807) is 7.11 Å². The fourth-order valence-corrected chi connectivity index (χ4v) is 3.06. The summed E-state index contributed by atoms with van der Waals surface area (Å²) in [7, 11) is 1.68. The molecule has 0 heterocycles. The number of hydrogen-bond donors (Lipinski definition) is 0. The molecule has 0 radical (unpaired) electrons. The second kappa shape index (κ2) is 5.44. The van der Waals surface area contributed by atoms with Gasteiger partial charge in [-0.3, -0.25) is 0 Å². The molecule has 0 aromatic heterocycles. The maximum Gasteiger partial charge on any atom is 0.119 e. The van der Waals surface area contributed by atoms with E-state index in [0.29, 0.717) is 0 Å². The molecule has 1 fully saturated rings. The molecular formula is C16H21NO. The molecule has 1 aliphatic carbocycles. The molecule has 0 amide bonds. The Balaban J connectivity index is 2.13. The van der Waals surface area contributed by atoms with Crippen molar-refractivity contribution >= 4 is 0 Å². The summed E-state index contributed by atoms with van der Waals surface area (Å²) >= 11 is 0. The van der Waals surface area contributed by atoms with Crippen molar-refractivity contribution < 1.29 is 4.74 Å². The van der Waals surface area contributed by atoms with Crippen LogP contribution in [0.1, 0.15) is 38.2 Å². The Morgan fingerprint density at radius 1 is 1.50 bits per heavy atom. The largest absolute Gasteiger partial charge is 0.497 e. The summed E-state index contributed by atoms with van der Waals surface area (Å²) in [6.07, 6.45) is 5.35. The lowest BCUT2D eigenvalue weighted by Crippen LogP contribution is -2.18. The van der Waals surface area contributed by atoms with E-state index < -0.39 is 0 Å². The van der Waals surface area contributed by atoms with E-state index in [9.17, 15) is 5.26 Å². The first kappa shape index (κ1) is 13.0. The highest BCUT2D eigenvalue weighted by atomic mass is 16.5. The number of rotatable bonds is 4. The zero-order valence-corrected chi connectivity index (χ0v) is 11.3. The number of nitriles is 1. The van der Waals surface area contributed by atoms with Crippen molar-refractivity contribution in [3.63, 3.8) is 0 Å². The molecule has 18 heavy (non-hydrogen) atoms. The minimum Gasteiger partial charge on any atom is -0.497 e. The number of nitrogens with zero attached hydrogens (tertiary/aromatic N) is 1. The molecule has 96 valence electrons. The Bertz CT molecular complexity index is 449. The Morgan fingerprint density at radius 2 is 2.33 bits per heavy atom. The van der Waals surface area contributed by atoms with Crippen molar-refractivity contribution in [3.05, 3.63) is 29.8 Å². The molecule has 0 spiro atoms. The molecule has 2 unspecified atom stereocenters. The number of benzene rings is 1. The molecule has 2 heteroatoms. The minimum absolute atomic E-state index is 0.146. The van der Waals surface area contributed by atoms with E-state index in [0.717, 1.165) is 30.9 Å². The fourth-order valence-electron chi connectivity index (χ4n) is 3.06. The van der Waals surface area contributed by atoms with E-state index in [-0.39, 0.29) is 5.41 Å². The van der Waals surface area contributed by atoms with Gasteiger partial charge in [-0.15, -0.1) is 0 Å². The van der Waals surface area contributed by atoms with Gasteiger partial charge in [0.15, 0.2) is 0 Å². The van der Waals surface area contributed by atoms with Crippen molar-refractivity contribution in [1.29, 1.82) is 5.26 Å². The second-order valence-electron chi connectivity index (χ2n) is 5.44. The van der Waals surface area contributed by atoms with Crippen molar-refractivity contribution in [2.75, 3.05) is 7.11 Å². The van der Waals surface area contributed by atoms with Gasteiger partial charge in [-0.25, -0.2) is 0 Å². The van der Waals surface area contributed by atoms with Crippen LogP contribution in [0.5, 0.6) is 5.75 Å². The summed E-state index contributed by atoms with van der Waals surface area (Å²) in [5, 5.41) is 9.54.